The summed E-state index contributed by atoms with van der Waals surface area (Å²) in [5.74, 6) is 1.78. The number of benzene rings is 1. The van der Waals surface area contributed by atoms with Crippen molar-refractivity contribution in [2.24, 2.45) is 11.8 Å². The van der Waals surface area contributed by atoms with E-state index in [0.29, 0.717) is 10.8 Å². The first-order valence-corrected chi connectivity index (χ1v) is 6.59. The minimum atomic E-state index is 0.223. The summed E-state index contributed by atoms with van der Waals surface area (Å²) in [7, 11) is 0. The topological polar surface area (TPSA) is 23.5 Å². The van der Waals surface area contributed by atoms with E-state index in [0.717, 1.165) is 30.5 Å². The molecule has 94 valence electrons. The molecule has 17 heavy (non-hydrogen) atoms. The highest BCUT2D eigenvalue weighted by Gasteiger charge is 2.30. The van der Waals surface area contributed by atoms with E-state index in [1.807, 2.05) is 6.07 Å². The van der Waals surface area contributed by atoms with Gasteiger partial charge in [-0.3, -0.25) is 4.90 Å². The standard InChI is InChI=1S/C14H20ClNO/c1-9-7-16(8-10(9)2)11(3)13-6-12(15)4-5-14(13)17/h4-6,9-11,17H,7-8H2,1-3H3. The summed E-state index contributed by atoms with van der Waals surface area (Å²) < 4.78 is 0. The number of nitrogens with zero attached hydrogens (tertiary/aromatic N) is 1. The van der Waals surface area contributed by atoms with Crippen molar-refractivity contribution in [2.75, 3.05) is 13.1 Å². The number of hydrogen-bond donors (Lipinski definition) is 1. The molecule has 1 aliphatic heterocycles. The van der Waals surface area contributed by atoms with Crippen LogP contribution in [0.4, 0.5) is 0 Å². The van der Waals surface area contributed by atoms with E-state index in [4.69, 9.17) is 11.6 Å². The third-order valence-electron chi connectivity index (χ3n) is 4.00. The summed E-state index contributed by atoms with van der Waals surface area (Å²) in [6.07, 6.45) is 0. The van der Waals surface area contributed by atoms with Crippen LogP contribution in [0.1, 0.15) is 32.4 Å². The highest BCUT2D eigenvalue weighted by Crippen LogP contribution is 2.35. The first kappa shape index (κ1) is 12.7. The monoisotopic (exact) mass is 253 g/mol. The van der Waals surface area contributed by atoms with Crippen LogP contribution in [0.15, 0.2) is 18.2 Å². The van der Waals surface area contributed by atoms with Crippen LogP contribution in [0.25, 0.3) is 0 Å². The van der Waals surface area contributed by atoms with Crippen LogP contribution in [0.3, 0.4) is 0 Å². The quantitative estimate of drug-likeness (QED) is 0.869. The first-order chi connectivity index (χ1) is 7.99. The normalized spacial score (nSPS) is 27.3. The van der Waals surface area contributed by atoms with E-state index >= 15 is 0 Å². The molecule has 2 nitrogen and oxygen atoms in total. The van der Waals surface area contributed by atoms with E-state index in [1.165, 1.54) is 0 Å². The van der Waals surface area contributed by atoms with Gasteiger partial charge in [0.2, 0.25) is 0 Å². The second-order valence-corrected chi connectivity index (χ2v) is 5.72. The Balaban J connectivity index is 2.20. The van der Waals surface area contributed by atoms with Gasteiger partial charge in [0.15, 0.2) is 0 Å². The molecule has 3 heteroatoms. The average Bonchev–Trinajstić information content (AvgIpc) is 2.62. The minimum absolute atomic E-state index is 0.223. The summed E-state index contributed by atoms with van der Waals surface area (Å²) in [4.78, 5) is 2.42. The Morgan fingerprint density at radius 1 is 1.29 bits per heavy atom. The van der Waals surface area contributed by atoms with Gasteiger partial charge in [0, 0.05) is 29.7 Å². The molecule has 1 aromatic carbocycles. The van der Waals surface area contributed by atoms with E-state index in [9.17, 15) is 5.11 Å². The summed E-state index contributed by atoms with van der Waals surface area (Å²) in [6, 6.07) is 5.50. The Morgan fingerprint density at radius 3 is 2.47 bits per heavy atom. The molecule has 0 aliphatic carbocycles. The summed E-state index contributed by atoms with van der Waals surface area (Å²) >= 11 is 6.00. The Labute approximate surface area is 108 Å². The molecule has 1 saturated heterocycles. The van der Waals surface area contributed by atoms with E-state index in [1.54, 1.807) is 12.1 Å². The maximum absolute atomic E-state index is 9.91. The lowest BCUT2D eigenvalue weighted by molar-refractivity contribution is 0.246. The molecule has 1 aliphatic rings. The largest absolute Gasteiger partial charge is 0.508 e. The molecule has 1 N–H and O–H groups in total. The molecule has 3 unspecified atom stereocenters. The van der Waals surface area contributed by atoms with Gasteiger partial charge in [0.25, 0.3) is 0 Å². The lowest BCUT2D eigenvalue weighted by Gasteiger charge is -2.25. The molecule has 3 atom stereocenters. The molecule has 0 spiro atoms. The van der Waals surface area contributed by atoms with Crippen molar-refractivity contribution in [1.82, 2.24) is 4.90 Å². The molecule has 0 saturated carbocycles. The number of phenols is 1. The van der Waals surface area contributed by atoms with Crippen molar-refractivity contribution < 1.29 is 5.11 Å². The molecule has 0 aromatic heterocycles. The molecule has 1 heterocycles. The van der Waals surface area contributed by atoms with Crippen LogP contribution in [0.5, 0.6) is 5.75 Å². The fraction of sp³-hybridized carbons (Fsp3) is 0.571. The number of hydrogen-bond acceptors (Lipinski definition) is 2. The van der Waals surface area contributed by atoms with Gasteiger partial charge in [-0.15, -0.1) is 0 Å². The number of halogens is 1. The summed E-state index contributed by atoms with van der Waals surface area (Å²) in [5, 5.41) is 10.6. The van der Waals surface area contributed by atoms with E-state index in [-0.39, 0.29) is 6.04 Å². The zero-order chi connectivity index (χ0) is 12.6. The zero-order valence-electron chi connectivity index (χ0n) is 10.7. The average molecular weight is 254 g/mol. The van der Waals surface area contributed by atoms with Crippen molar-refractivity contribution in [2.45, 2.75) is 26.8 Å². The maximum Gasteiger partial charge on any atom is 0.120 e. The number of rotatable bonds is 2. The van der Waals surface area contributed by atoms with Crippen LogP contribution in [0, 0.1) is 11.8 Å². The molecule has 0 bridgehead atoms. The maximum atomic E-state index is 9.91. The molecule has 2 rings (SSSR count). The smallest absolute Gasteiger partial charge is 0.120 e. The highest BCUT2D eigenvalue weighted by molar-refractivity contribution is 6.30. The molecule has 0 radical (unpaired) electrons. The Kier molecular flexibility index (Phi) is 3.64. The molecular formula is C14H20ClNO. The van der Waals surface area contributed by atoms with Crippen molar-refractivity contribution in [3.8, 4) is 5.75 Å². The molecule has 1 fully saturated rings. The molecular weight excluding hydrogens is 234 g/mol. The molecule has 0 amide bonds. The summed E-state index contributed by atoms with van der Waals surface area (Å²) in [5.41, 5.74) is 0.929. The fourth-order valence-electron chi connectivity index (χ4n) is 2.55. The summed E-state index contributed by atoms with van der Waals surface area (Å²) in [6.45, 7) is 8.89. The van der Waals surface area contributed by atoms with Gasteiger partial charge in [0.05, 0.1) is 0 Å². The minimum Gasteiger partial charge on any atom is -0.508 e. The Bertz CT molecular complexity index is 397. The van der Waals surface area contributed by atoms with Gasteiger partial charge in [0.1, 0.15) is 5.75 Å². The van der Waals surface area contributed by atoms with Crippen LogP contribution in [-0.4, -0.2) is 23.1 Å². The lowest BCUT2D eigenvalue weighted by Crippen LogP contribution is -2.24. The number of phenolic OH excluding ortho intramolecular Hbond substituents is 1. The third-order valence-corrected chi connectivity index (χ3v) is 4.24. The van der Waals surface area contributed by atoms with Gasteiger partial charge < -0.3 is 5.11 Å². The predicted molar refractivity (Wildman–Crippen MR) is 71.4 cm³/mol. The number of aromatic hydroxyl groups is 1. The van der Waals surface area contributed by atoms with Gasteiger partial charge in [-0.05, 0) is 37.0 Å². The second kappa shape index (κ2) is 4.87. The molecule has 1 aromatic rings. The zero-order valence-corrected chi connectivity index (χ0v) is 11.4. The third kappa shape index (κ3) is 2.58. The highest BCUT2D eigenvalue weighted by atomic mass is 35.5. The van der Waals surface area contributed by atoms with Gasteiger partial charge in [-0.25, -0.2) is 0 Å². The van der Waals surface area contributed by atoms with E-state index in [2.05, 4.69) is 25.7 Å². The van der Waals surface area contributed by atoms with Gasteiger partial charge >= 0.3 is 0 Å². The second-order valence-electron chi connectivity index (χ2n) is 5.29. The van der Waals surface area contributed by atoms with Crippen molar-refractivity contribution in [3.63, 3.8) is 0 Å². The van der Waals surface area contributed by atoms with Crippen LogP contribution in [0.2, 0.25) is 5.02 Å². The number of likely N-dealkylation sites (tertiary alicyclic amines) is 1. The van der Waals surface area contributed by atoms with Crippen molar-refractivity contribution >= 4 is 11.6 Å². The van der Waals surface area contributed by atoms with Gasteiger partial charge in [-0.1, -0.05) is 25.4 Å². The Hall–Kier alpha value is -0.730. The van der Waals surface area contributed by atoms with Crippen LogP contribution in [-0.2, 0) is 0 Å². The van der Waals surface area contributed by atoms with E-state index < -0.39 is 0 Å². The Morgan fingerprint density at radius 2 is 1.88 bits per heavy atom. The van der Waals surface area contributed by atoms with Crippen LogP contribution >= 0.6 is 11.6 Å². The van der Waals surface area contributed by atoms with Gasteiger partial charge in [-0.2, -0.15) is 0 Å². The lowest BCUT2D eigenvalue weighted by atomic mass is 10.0. The fourth-order valence-corrected chi connectivity index (χ4v) is 2.73. The SMILES string of the molecule is CC1CN(C(C)c2cc(Cl)ccc2O)CC1C. The first-order valence-electron chi connectivity index (χ1n) is 6.21. The van der Waals surface area contributed by atoms with Crippen molar-refractivity contribution in [1.29, 1.82) is 0 Å². The predicted octanol–water partition coefficient (Wildman–Crippen LogP) is 3.69. The van der Waals surface area contributed by atoms with Crippen molar-refractivity contribution in [3.05, 3.63) is 28.8 Å². The van der Waals surface area contributed by atoms with Crippen LogP contribution < -0.4 is 0 Å².